The van der Waals surface area contributed by atoms with Gasteiger partial charge in [-0.3, -0.25) is 4.68 Å². The van der Waals surface area contributed by atoms with E-state index in [1.807, 2.05) is 36.0 Å². The predicted octanol–water partition coefficient (Wildman–Crippen LogP) is 3.93. The van der Waals surface area contributed by atoms with Crippen molar-refractivity contribution in [2.75, 3.05) is 5.73 Å². The average molecular weight is 282 g/mol. The third kappa shape index (κ3) is 2.65. The molecule has 2 aromatic rings. The van der Waals surface area contributed by atoms with Gasteiger partial charge >= 0.3 is 0 Å². The minimum atomic E-state index is 0.329. The zero-order valence-corrected chi connectivity index (χ0v) is 12.2. The highest BCUT2D eigenvalue weighted by Gasteiger charge is 2.16. The number of anilines is 1. The number of rotatable bonds is 3. The summed E-state index contributed by atoms with van der Waals surface area (Å²) in [6.45, 7) is 4.19. The maximum Gasteiger partial charge on any atom is 0.122 e. The van der Waals surface area contributed by atoms with Gasteiger partial charge in [-0.2, -0.15) is 5.10 Å². The van der Waals surface area contributed by atoms with Gasteiger partial charge in [0, 0.05) is 17.0 Å². The number of nitrogens with two attached hydrogens (primary N) is 1. The molecule has 1 aromatic heterocycles. The minimum Gasteiger partial charge on any atom is -0.395 e. The van der Waals surface area contributed by atoms with Crippen molar-refractivity contribution < 1.29 is 0 Å². The molecule has 0 spiro atoms. The van der Waals surface area contributed by atoms with E-state index in [1.165, 1.54) is 0 Å². The Labute approximate surface area is 116 Å². The van der Waals surface area contributed by atoms with Gasteiger partial charge in [-0.1, -0.05) is 37.2 Å². The van der Waals surface area contributed by atoms with E-state index < -0.39 is 0 Å². The molecule has 0 unspecified atom stereocenters. The van der Waals surface area contributed by atoms with Crippen molar-refractivity contribution in [1.82, 2.24) is 9.78 Å². The first kappa shape index (κ1) is 13.3. The quantitative estimate of drug-likeness (QED) is 0.927. The standard InChI is InChI=1S/C13H16ClN3S/c1-8(2)12-11(15)13(17(3)16-12)18-10-6-4-9(14)5-7-10/h4-8H,15H2,1-3H3. The second kappa shape index (κ2) is 5.24. The summed E-state index contributed by atoms with van der Waals surface area (Å²) >= 11 is 7.48. The van der Waals surface area contributed by atoms with Crippen LogP contribution in [0.2, 0.25) is 5.02 Å². The number of aromatic nitrogens is 2. The van der Waals surface area contributed by atoms with Gasteiger partial charge in [0.25, 0.3) is 0 Å². The molecule has 0 aliphatic heterocycles. The van der Waals surface area contributed by atoms with Crippen LogP contribution >= 0.6 is 23.4 Å². The van der Waals surface area contributed by atoms with Crippen molar-refractivity contribution in [2.45, 2.75) is 29.7 Å². The lowest BCUT2D eigenvalue weighted by Gasteiger charge is -2.04. The zero-order chi connectivity index (χ0) is 13.3. The SMILES string of the molecule is CC(C)c1nn(C)c(Sc2ccc(Cl)cc2)c1N. The van der Waals surface area contributed by atoms with E-state index in [2.05, 4.69) is 18.9 Å². The Bertz CT molecular complexity index is 546. The van der Waals surface area contributed by atoms with Crippen LogP contribution in [0.3, 0.4) is 0 Å². The second-order valence-electron chi connectivity index (χ2n) is 4.44. The molecule has 0 bridgehead atoms. The number of aryl methyl sites for hydroxylation is 1. The molecule has 0 amide bonds. The number of hydrogen-bond acceptors (Lipinski definition) is 3. The van der Waals surface area contributed by atoms with Gasteiger partial charge in [0.2, 0.25) is 0 Å². The van der Waals surface area contributed by atoms with Gasteiger partial charge in [-0.05, 0) is 30.2 Å². The third-order valence-corrected chi connectivity index (χ3v) is 4.07. The van der Waals surface area contributed by atoms with Crippen LogP contribution < -0.4 is 5.73 Å². The monoisotopic (exact) mass is 281 g/mol. The Balaban J connectivity index is 2.32. The van der Waals surface area contributed by atoms with Crippen molar-refractivity contribution in [3.63, 3.8) is 0 Å². The molecule has 96 valence electrons. The van der Waals surface area contributed by atoms with Crippen molar-refractivity contribution in [3.05, 3.63) is 35.0 Å². The number of nitrogens with zero attached hydrogens (tertiary/aromatic N) is 2. The summed E-state index contributed by atoms with van der Waals surface area (Å²) in [5, 5.41) is 6.18. The van der Waals surface area contributed by atoms with Crippen LogP contribution in [-0.2, 0) is 7.05 Å². The fraction of sp³-hybridized carbons (Fsp3) is 0.308. The first-order valence-corrected chi connectivity index (χ1v) is 6.94. The maximum atomic E-state index is 6.15. The van der Waals surface area contributed by atoms with Crippen LogP contribution in [0.25, 0.3) is 0 Å². The number of benzene rings is 1. The summed E-state index contributed by atoms with van der Waals surface area (Å²) in [5.74, 6) is 0.329. The van der Waals surface area contributed by atoms with Crippen LogP contribution in [0, 0.1) is 0 Å². The average Bonchev–Trinajstić information content (AvgIpc) is 2.60. The molecule has 0 saturated heterocycles. The van der Waals surface area contributed by atoms with Gasteiger partial charge in [0.1, 0.15) is 5.03 Å². The topological polar surface area (TPSA) is 43.8 Å². The molecule has 0 aliphatic carbocycles. The number of nitrogen functional groups attached to an aromatic ring is 1. The minimum absolute atomic E-state index is 0.329. The molecule has 0 aliphatic rings. The second-order valence-corrected chi connectivity index (χ2v) is 5.94. The molecule has 5 heteroatoms. The molecular weight excluding hydrogens is 266 g/mol. The molecular formula is C13H16ClN3S. The Hall–Kier alpha value is -1.13. The van der Waals surface area contributed by atoms with Crippen molar-refractivity contribution in [3.8, 4) is 0 Å². The largest absolute Gasteiger partial charge is 0.395 e. The molecule has 0 radical (unpaired) electrons. The fourth-order valence-corrected chi connectivity index (χ4v) is 2.72. The smallest absolute Gasteiger partial charge is 0.122 e. The Morgan fingerprint density at radius 3 is 2.39 bits per heavy atom. The van der Waals surface area contributed by atoms with Crippen molar-refractivity contribution in [1.29, 1.82) is 0 Å². The lowest BCUT2D eigenvalue weighted by molar-refractivity contribution is 0.671. The number of hydrogen-bond donors (Lipinski definition) is 1. The molecule has 3 nitrogen and oxygen atoms in total. The fourth-order valence-electron chi connectivity index (χ4n) is 1.71. The lowest BCUT2D eigenvalue weighted by Crippen LogP contribution is -1.94. The van der Waals surface area contributed by atoms with Gasteiger partial charge in [0.05, 0.1) is 11.4 Å². The van der Waals surface area contributed by atoms with Crippen molar-refractivity contribution >= 4 is 29.1 Å². The summed E-state index contributed by atoms with van der Waals surface area (Å²) in [7, 11) is 1.92. The van der Waals surface area contributed by atoms with Gasteiger partial charge < -0.3 is 5.73 Å². The Kier molecular flexibility index (Phi) is 3.88. The lowest BCUT2D eigenvalue weighted by atomic mass is 10.1. The molecule has 0 fully saturated rings. The van der Waals surface area contributed by atoms with Gasteiger partial charge in [-0.15, -0.1) is 0 Å². The molecule has 2 N–H and O–H groups in total. The first-order chi connectivity index (χ1) is 8.49. The molecule has 2 rings (SSSR count). The molecule has 18 heavy (non-hydrogen) atoms. The Morgan fingerprint density at radius 2 is 1.89 bits per heavy atom. The molecule has 1 aromatic carbocycles. The maximum absolute atomic E-state index is 6.15. The summed E-state index contributed by atoms with van der Waals surface area (Å²) < 4.78 is 1.84. The first-order valence-electron chi connectivity index (χ1n) is 5.75. The van der Waals surface area contributed by atoms with Crippen LogP contribution in [-0.4, -0.2) is 9.78 Å². The molecule has 0 atom stereocenters. The highest BCUT2D eigenvalue weighted by Crippen LogP contribution is 2.35. The summed E-state index contributed by atoms with van der Waals surface area (Å²) in [6, 6.07) is 7.71. The van der Waals surface area contributed by atoms with E-state index in [4.69, 9.17) is 17.3 Å². The van der Waals surface area contributed by atoms with E-state index in [9.17, 15) is 0 Å². The van der Waals surface area contributed by atoms with Crippen LogP contribution in [0.5, 0.6) is 0 Å². The van der Waals surface area contributed by atoms with E-state index in [1.54, 1.807) is 11.8 Å². The van der Waals surface area contributed by atoms with E-state index in [-0.39, 0.29) is 0 Å². The highest BCUT2D eigenvalue weighted by atomic mass is 35.5. The normalized spacial score (nSPS) is 11.2. The predicted molar refractivity (Wildman–Crippen MR) is 77.3 cm³/mol. The summed E-state index contributed by atoms with van der Waals surface area (Å²) in [5.41, 5.74) is 7.88. The summed E-state index contributed by atoms with van der Waals surface area (Å²) in [6.07, 6.45) is 0. The Morgan fingerprint density at radius 1 is 1.28 bits per heavy atom. The molecule has 0 saturated carbocycles. The van der Waals surface area contributed by atoms with Crippen LogP contribution in [0.1, 0.15) is 25.5 Å². The van der Waals surface area contributed by atoms with Gasteiger partial charge in [0.15, 0.2) is 0 Å². The zero-order valence-electron chi connectivity index (χ0n) is 10.6. The molecule has 1 heterocycles. The van der Waals surface area contributed by atoms with E-state index in [0.29, 0.717) is 5.92 Å². The number of halogens is 1. The van der Waals surface area contributed by atoms with E-state index in [0.717, 1.165) is 26.3 Å². The van der Waals surface area contributed by atoms with Crippen LogP contribution in [0.4, 0.5) is 5.69 Å². The van der Waals surface area contributed by atoms with E-state index >= 15 is 0 Å². The van der Waals surface area contributed by atoms with Crippen molar-refractivity contribution in [2.24, 2.45) is 7.05 Å². The highest BCUT2D eigenvalue weighted by molar-refractivity contribution is 7.99. The third-order valence-electron chi connectivity index (χ3n) is 2.63. The summed E-state index contributed by atoms with van der Waals surface area (Å²) in [4.78, 5) is 1.10. The van der Waals surface area contributed by atoms with Crippen LogP contribution in [0.15, 0.2) is 34.2 Å². The van der Waals surface area contributed by atoms with Gasteiger partial charge in [-0.25, -0.2) is 0 Å².